The van der Waals surface area contributed by atoms with Gasteiger partial charge in [0.05, 0.1) is 43.4 Å². The van der Waals surface area contributed by atoms with Crippen molar-refractivity contribution in [3.05, 3.63) is 71.3 Å². The Morgan fingerprint density at radius 2 is 1.77 bits per heavy atom. The number of likely N-dealkylation sites (tertiary alicyclic amines) is 1. The molecule has 4 atom stereocenters. The Hall–Kier alpha value is -3.08. The van der Waals surface area contributed by atoms with Gasteiger partial charge in [0.2, 0.25) is 5.91 Å². The summed E-state index contributed by atoms with van der Waals surface area (Å²) in [6, 6.07) is 11.0. The first-order valence-electron chi connectivity index (χ1n) is 13.3. The molecule has 2 amide bonds. The number of carbonyl (C=O) groups is 2. The van der Waals surface area contributed by atoms with E-state index in [9.17, 15) is 23.5 Å². The fourth-order valence-corrected chi connectivity index (χ4v) is 4.87. The molecule has 39 heavy (non-hydrogen) atoms. The molecule has 2 aromatic carbocycles. The minimum Gasteiger partial charge on any atom is -0.444 e. The smallest absolute Gasteiger partial charge is 0.410 e. The van der Waals surface area contributed by atoms with Crippen LogP contribution in [0.5, 0.6) is 0 Å². The molecule has 0 aromatic heterocycles. The zero-order valence-corrected chi connectivity index (χ0v) is 22.5. The van der Waals surface area contributed by atoms with Crippen LogP contribution >= 0.6 is 0 Å². The maximum absolute atomic E-state index is 14.0. The molecule has 0 spiro atoms. The molecule has 0 radical (unpaired) electrons. The van der Waals surface area contributed by atoms with Crippen LogP contribution in [0.1, 0.15) is 38.3 Å². The van der Waals surface area contributed by atoms with Crippen LogP contribution in [0.15, 0.2) is 48.5 Å². The summed E-state index contributed by atoms with van der Waals surface area (Å²) in [6.07, 6.45) is -2.00. The first kappa shape index (κ1) is 28.9. The SMILES string of the molecule is CC(C)(C)OC(=O)N1C[C@H](OCc2ccccc2)C[C@H]1[C@@H](O)[C@H](Cc1cc(F)cc(F)c1)NC(=O)C1CNC1. The standard InChI is InChI=1S/C29H37F2N3O5/c1-29(2,3)39-28(37)34-16-23(38-17-18-7-5-4-6-8-18)13-25(34)26(35)24(33-27(36)20-14-32-15-20)11-19-9-21(30)12-22(31)10-19/h4-10,12,20,23-26,32,35H,11,13-17H2,1-3H3,(H,33,36)/t23-,24+,25+,26+/m1/s1. The van der Waals surface area contributed by atoms with Crippen molar-refractivity contribution in [1.29, 1.82) is 0 Å². The van der Waals surface area contributed by atoms with Crippen LogP contribution in [0.2, 0.25) is 0 Å². The van der Waals surface area contributed by atoms with E-state index in [1.807, 2.05) is 30.3 Å². The van der Waals surface area contributed by atoms with Crippen LogP contribution in [0.3, 0.4) is 0 Å². The molecule has 0 aliphatic carbocycles. The molecule has 2 aromatic rings. The van der Waals surface area contributed by atoms with E-state index in [4.69, 9.17) is 9.47 Å². The van der Waals surface area contributed by atoms with Crippen LogP contribution < -0.4 is 10.6 Å². The summed E-state index contributed by atoms with van der Waals surface area (Å²) in [5, 5.41) is 17.5. The lowest BCUT2D eigenvalue weighted by molar-refractivity contribution is -0.128. The van der Waals surface area contributed by atoms with Crippen LogP contribution in [0.25, 0.3) is 0 Å². The van der Waals surface area contributed by atoms with Gasteiger partial charge >= 0.3 is 6.09 Å². The molecule has 2 fully saturated rings. The lowest BCUT2D eigenvalue weighted by atomic mass is 9.93. The van der Waals surface area contributed by atoms with Gasteiger partial charge in [-0.25, -0.2) is 13.6 Å². The number of aliphatic hydroxyl groups is 1. The van der Waals surface area contributed by atoms with Gasteiger partial charge in [-0.05, 0) is 56.9 Å². The quantitative estimate of drug-likeness (QED) is 0.448. The molecule has 0 bridgehead atoms. The number of rotatable bonds is 9. The second-order valence-electron chi connectivity index (χ2n) is 11.3. The van der Waals surface area contributed by atoms with Crippen molar-refractivity contribution < 1.29 is 33.0 Å². The van der Waals surface area contributed by atoms with E-state index < -0.39 is 47.6 Å². The number of nitrogens with zero attached hydrogens (tertiary/aromatic N) is 1. The molecule has 3 N–H and O–H groups in total. The third kappa shape index (κ3) is 7.97. The summed E-state index contributed by atoms with van der Waals surface area (Å²) in [6.45, 7) is 6.79. The first-order valence-corrected chi connectivity index (χ1v) is 13.3. The maximum atomic E-state index is 14.0. The fraction of sp³-hybridized carbons (Fsp3) is 0.517. The molecule has 0 unspecified atom stereocenters. The molecular formula is C29H37F2N3O5. The first-order chi connectivity index (χ1) is 18.5. The summed E-state index contributed by atoms with van der Waals surface area (Å²) in [5.74, 6) is -2.04. The van der Waals surface area contributed by atoms with Crippen LogP contribution in [-0.2, 0) is 27.3 Å². The van der Waals surface area contributed by atoms with Crippen molar-refractivity contribution >= 4 is 12.0 Å². The van der Waals surface area contributed by atoms with E-state index in [1.165, 1.54) is 17.0 Å². The molecule has 0 saturated carbocycles. The van der Waals surface area contributed by atoms with Crippen molar-refractivity contribution in [2.45, 2.75) is 70.1 Å². The topological polar surface area (TPSA) is 100 Å². The maximum Gasteiger partial charge on any atom is 0.410 e. The van der Waals surface area contributed by atoms with Crippen molar-refractivity contribution in [1.82, 2.24) is 15.5 Å². The summed E-state index contributed by atoms with van der Waals surface area (Å²) in [4.78, 5) is 27.5. The predicted molar refractivity (Wildman–Crippen MR) is 141 cm³/mol. The Kier molecular flexibility index (Phi) is 9.19. The normalized spacial score (nSPS) is 21.2. The number of halogens is 2. The van der Waals surface area contributed by atoms with E-state index in [-0.39, 0.29) is 30.4 Å². The number of nitrogens with one attached hydrogen (secondary N) is 2. The van der Waals surface area contributed by atoms with E-state index in [1.54, 1.807) is 20.8 Å². The van der Waals surface area contributed by atoms with Gasteiger partial charge in [-0.1, -0.05) is 30.3 Å². The monoisotopic (exact) mass is 545 g/mol. The van der Waals surface area contributed by atoms with Crippen LogP contribution in [-0.4, -0.2) is 71.5 Å². The summed E-state index contributed by atoms with van der Waals surface area (Å²) < 4.78 is 39.6. The van der Waals surface area contributed by atoms with Crippen molar-refractivity contribution in [2.24, 2.45) is 5.92 Å². The molecule has 2 aliphatic rings. The van der Waals surface area contributed by atoms with Gasteiger partial charge in [0.25, 0.3) is 0 Å². The number of ether oxygens (including phenoxy) is 2. The largest absolute Gasteiger partial charge is 0.444 e. The molecule has 212 valence electrons. The second kappa shape index (κ2) is 12.4. The van der Waals surface area contributed by atoms with Gasteiger partial charge in [0, 0.05) is 19.2 Å². The van der Waals surface area contributed by atoms with Crippen LogP contribution in [0, 0.1) is 17.6 Å². The average Bonchev–Trinajstić information content (AvgIpc) is 3.24. The zero-order valence-electron chi connectivity index (χ0n) is 22.5. The third-order valence-electron chi connectivity index (χ3n) is 6.93. The third-order valence-corrected chi connectivity index (χ3v) is 6.93. The Morgan fingerprint density at radius 3 is 2.36 bits per heavy atom. The Morgan fingerprint density at radius 1 is 1.10 bits per heavy atom. The number of benzene rings is 2. The molecule has 2 saturated heterocycles. The second-order valence-corrected chi connectivity index (χ2v) is 11.3. The summed E-state index contributed by atoms with van der Waals surface area (Å²) >= 11 is 0. The highest BCUT2D eigenvalue weighted by atomic mass is 19.1. The van der Waals surface area contributed by atoms with Gasteiger partial charge in [0.15, 0.2) is 0 Å². The summed E-state index contributed by atoms with van der Waals surface area (Å²) in [5.41, 5.74) is 0.486. The lowest BCUT2D eigenvalue weighted by Crippen LogP contribution is -2.58. The zero-order chi connectivity index (χ0) is 28.2. The Balaban J connectivity index is 1.56. The van der Waals surface area contributed by atoms with Gasteiger partial charge in [-0.15, -0.1) is 0 Å². The van der Waals surface area contributed by atoms with Gasteiger partial charge in [-0.2, -0.15) is 0 Å². The molecule has 4 rings (SSSR count). The van der Waals surface area contributed by atoms with E-state index in [2.05, 4.69) is 10.6 Å². The minimum atomic E-state index is -1.26. The average molecular weight is 546 g/mol. The van der Waals surface area contributed by atoms with Crippen molar-refractivity contribution in [3.63, 3.8) is 0 Å². The molecule has 8 nitrogen and oxygen atoms in total. The Bertz CT molecular complexity index is 1120. The number of amides is 2. The van der Waals surface area contributed by atoms with Gasteiger partial charge in [-0.3, -0.25) is 9.69 Å². The van der Waals surface area contributed by atoms with E-state index in [0.717, 1.165) is 11.6 Å². The van der Waals surface area contributed by atoms with Crippen LogP contribution in [0.4, 0.5) is 13.6 Å². The van der Waals surface area contributed by atoms with Crippen molar-refractivity contribution in [3.8, 4) is 0 Å². The lowest BCUT2D eigenvalue weighted by Gasteiger charge is -2.36. The molecular weight excluding hydrogens is 508 g/mol. The fourth-order valence-electron chi connectivity index (χ4n) is 4.87. The highest BCUT2D eigenvalue weighted by Gasteiger charge is 2.44. The molecule has 2 aliphatic heterocycles. The predicted octanol–water partition coefficient (Wildman–Crippen LogP) is 3.17. The number of aliphatic hydroxyl groups excluding tert-OH is 1. The van der Waals surface area contributed by atoms with Crippen molar-refractivity contribution in [2.75, 3.05) is 19.6 Å². The number of hydrogen-bond donors (Lipinski definition) is 3. The van der Waals surface area contributed by atoms with E-state index >= 15 is 0 Å². The molecule has 10 heteroatoms. The number of carbonyl (C=O) groups excluding carboxylic acids is 2. The van der Waals surface area contributed by atoms with E-state index in [0.29, 0.717) is 26.1 Å². The summed E-state index contributed by atoms with van der Waals surface area (Å²) in [7, 11) is 0. The van der Waals surface area contributed by atoms with Gasteiger partial charge < -0.3 is 25.2 Å². The highest BCUT2D eigenvalue weighted by Crippen LogP contribution is 2.28. The van der Waals surface area contributed by atoms with Gasteiger partial charge in [0.1, 0.15) is 17.2 Å². The minimum absolute atomic E-state index is 0.0318. The Labute approximate surface area is 227 Å². The highest BCUT2D eigenvalue weighted by molar-refractivity contribution is 5.80. The number of hydrogen-bond acceptors (Lipinski definition) is 6. The molecule has 2 heterocycles.